The number of esters is 1. The van der Waals surface area contributed by atoms with Crippen LogP contribution in [0, 0.1) is 0 Å². The Kier molecular flexibility index (Phi) is 8.10. The summed E-state index contributed by atoms with van der Waals surface area (Å²) in [4.78, 5) is 24.1. The van der Waals surface area contributed by atoms with E-state index in [9.17, 15) is 18.0 Å². The number of amides is 1. The standard InChI is InChI=1S/C19H27NO7S/c1-3-5-9-26-16-7-6-14(11-17(16)25-4-2)19(22)27-12-18(21)20-15-8-10-28(23,24)13-15/h6-7,11,15H,3-5,8-10,12-13H2,1-2H3,(H,20,21). The van der Waals surface area contributed by atoms with Crippen molar-refractivity contribution in [2.45, 2.75) is 39.2 Å². The normalized spacial score (nSPS) is 17.7. The summed E-state index contributed by atoms with van der Waals surface area (Å²) in [5, 5.41) is 2.57. The third-order valence-electron chi connectivity index (χ3n) is 4.17. The molecule has 0 radical (unpaired) electrons. The summed E-state index contributed by atoms with van der Waals surface area (Å²) in [5.74, 6) is -0.231. The van der Waals surface area contributed by atoms with E-state index in [0.29, 0.717) is 31.1 Å². The number of carbonyl (C=O) groups is 2. The first-order valence-corrected chi connectivity index (χ1v) is 11.2. The van der Waals surface area contributed by atoms with Gasteiger partial charge in [-0.05, 0) is 38.0 Å². The number of sulfone groups is 1. The average molecular weight is 413 g/mol. The Morgan fingerprint density at radius 3 is 2.61 bits per heavy atom. The second-order valence-corrected chi connectivity index (χ2v) is 8.77. The van der Waals surface area contributed by atoms with Gasteiger partial charge in [0.1, 0.15) is 0 Å². The van der Waals surface area contributed by atoms with Crippen molar-refractivity contribution >= 4 is 21.7 Å². The highest BCUT2D eigenvalue weighted by Crippen LogP contribution is 2.29. The molecule has 0 bridgehead atoms. The largest absolute Gasteiger partial charge is 0.490 e. The van der Waals surface area contributed by atoms with E-state index in [-0.39, 0.29) is 17.1 Å². The van der Waals surface area contributed by atoms with E-state index < -0.39 is 34.4 Å². The van der Waals surface area contributed by atoms with Gasteiger partial charge in [-0.3, -0.25) is 4.79 Å². The maximum absolute atomic E-state index is 12.2. The zero-order valence-corrected chi connectivity index (χ0v) is 17.0. The van der Waals surface area contributed by atoms with Crippen LogP contribution in [0.1, 0.15) is 43.5 Å². The lowest BCUT2D eigenvalue weighted by Crippen LogP contribution is -2.38. The number of ether oxygens (including phenoxy) is 3. The lowest BCUT2D eigenvalue weighted by molar-refractivity contribution is -0.124. The fourth-order valence-electron chi connectivity index (χ4n) is 2.74. The smallest absolute Gasteiger partial charge is 0.338 e. The van der Waals surface area contributed by atoms with Gasteiger partial charge in [-0.25, -0.2) is 13.2 Å². The maximum Gasteiger partial charge on any atom is 0.338 e. The van der Waals surface area contributed by atoms with Crippen LogP contribution in [0.3, 0.4) is 0 Å². The number of hydrogen-bond donors (Lipinski definition) is 1. The van der Waals surface area contributed by atoms with Gasteiger partial charge in [0.05, 0.1) is 30.3 Å². The molecule has 0 aliphatic carbocycles. The van der Waals surface area contributed by atoms with Crippen molar-refractivity contribution in [3.8, 4) is 11.5 Å². The Balaban J connectivity index is 1.90. The highest BCUT2D eigenvalue weighted by Gasteiger charge is 2.29. The summed E-state index contributed by atoms with van der Waals surface area (Å²) in [6.45, 7) is 4.38. The molecule has 1 N–H and O–H groups in total. The van der Waals surface area contributed by atoms with Crippen molar-refractivity contribution in [2.75, 3.05) is 31.3 Å². The third-order valence-corrected chi connectivity index (χ3v) is 5.93. The van der Waals surface area contributed by atoms with Crippen LogP contribution in [-0.4, -0.2) is 57.7 Å². The molecule has 1 unspecified atom stereocenters. The van der Waals surface area contributed by atoms with Crippen LogP contribution in [0.15, 0.2) is 18.2 Å². The average Bonchev–Trinajstić information content (AvgIpc) is 2.99. The van der Waals surface area contributed by atoms with Crippen LogP contribution in [0.5, 0.6) is 11.5 Å². The summed E-state index contributed by atoms with van der Waals surface area (Å²) in [5.41, 5.74) is 0.238. The zero-order chi connectivity index (χ0) is 20.6. The van der Waals surface area contributed by atoms with Crippen LogP contribution < -0.4 is 14.8 Å². The maximum atomic E-state index is 12.2. The Labute approximate surface area is 165 Å². The molecule has 0 saturated carbocycles. The molecule has 1 amide bonds. The van der Waals surface area contributed by atoms with E-state index in [0.717, 1.165) is 12.8 Å². The SMILES string of the molecule is CCCCOc1ccc(C(=O)OCC(=O)NC2CCS(=O)(=O)C2)cc1OCC. The first-order valence-electron chi connectivity index (χ1n) is 9.41. The molecule has 1 saturated heterocycles. The van der Waals surface area contributed by atoms with E-state index in [4.69, 9.17) is 14.2 Å². The molecule has 0 spiro atoms. The van der Waals surface area contributed by atoms with Crippen molar-refractivity contribution in [3.05, 3.63) is 23.8 Å². The number of nitrogens with one attached hydrogen (secondary N) is 1. The second-order valence-electron chi connectivity index (χ2n) is 6.54. The fraction of sp³-hybridized carbons (Fsp3) is 0.579. The number of rotatable bonds is 10. The predicted octanol–water partition coefficient (Wildman–Crippen LogP) is 1.72. The molecule has 1 aromatic rings. The van der Waals surface area contributed by atoms with Crippen molar-refractivity contribution in [1.82, 2.24) is 5.32 Å². The molecule has 0 aromatic heterocycles. The Morgan fingerprint density at radius 2 is 1.96 bits per heavy atom. The Bertz CT molecular complexity index is 791. The molecule has 9 heteroatoms. The summed E-state index contributed by atoms with van der Waals surface area (Å²) < 4.78 is 39.0. The van der Waals surface area contributed by atoms with Crippen LogP contribution in [0.2, 0.25) is 0 Å². The van der Waals surface area contributed by atoms with Gasteiger partial charge in [0.25, 0.3) is 5.91 Å². The van der Waals surface area contributed by atoms with Crippen LogP contribution in [0.4, 0.5) is 0 Å². The van der Waals surface area contributed by atoms with Gasteiger partial charge in [0.15, 0.2) is 27.9 Å². The number of benzene rings is 1. The van der Waals surface area contributed by atoms with Gasteiger partial charge in [0, 0.05) is 6.04 Å². The van der Waals surface area contributed by atoms with Gasteiger partial charge in [-0.2, -0.15) is 0 Å². The first-order chi connectivity index (χ1) is 13.3. The van der Waals surface area contributed by atoms with Gasteiger partial charge in [0.2, 0.25) is 0 Å². The summed E-state index contributed by atoms with van der Waals surface area (Å²) in [6, 6.07) is 4.28. The van der Waals surface area contributed by atoms with Crippen molar-refractivity contribution in [3.63, 3.8) is 0 Å². The van der Waals surface area contributed by atoms with Crippen molar-refractivity contribution in [1.29, 1.82) is 0 Å². The van der Waals surface area contributed by atoms with Gasteiger partial charge in [-0.15, -0.1) is 0 Å². The minimum absolute atomic E-state index is 0.0601. The monoisotopic (exact) mass is 413 g/mol. The Morgan fingerprint density at radius 1 is 1.18 bits per heavy atom. The molecule has 2 rings (SSSR count). The van der Waals surface area contributed by atoms with Crippen LogP contribution >= 0.6 is 0 Å². The summed E-state index contributed by atoms with van der Waals surface area (Å²) in [6.07, 6.45) is 2.29. The molecule has 8 nitrogen and oxygen atoms in total. The molecule has 156 valence electrons. The van der Waals surface area contributed by atoms with Crippen LogP contribution in [-0.2, 0) is 19.4 Å². The topological polar surface area (TPSA) is 108 Å². The molecular weight excluding hydrogens is 386 g/mol. The van der Waals surface area contributed by atoms with E-state index in [1.165, 1.54) is 6.07 Å². The molecule has 1 aliphatic heterocycles. The molecular formula is C19H27NO7S. The minimum Gasteiger partial charge on any atom is -0.490 e. The molecule has 28 heavy (non-hydrogen) atoms. The highest BCUT2D eigenvalue weighted by atomic mass is 32.2. The minimum atomic E-state index is -3.09. The van der Waals surface area contributed by atoms with E-state index in [2.05, 4.69) is 12.2 Å². The van der Waals surface area contributed by atoms with E-state index in [1.807, 2.05) is 6.92 Å². The molecule has 1 fully saturated rings. The quantitative estimate of drug-likeness (QED) is 0.460. The molecule has 1 heterocycles. The van der Waals surface area contributed by atoms with Crippen LogP contribution in [0.25, 0.3) is 0 Å². The van der Waals surface area contributed by atoms with Gasteiger partial charge >= 0.3 is 5.97 Å². The lowest BCUT2D eigenvalue weighted by atomic mass is 10.2. The zero-order valence-electron chi connectivity index (χ0n) is 16.2. The number of hydrogen-bond acceptors (Lipinski definition) is 7. The fourth-order valence-corrected chi connectivity index (χ4v) is 4.42. The molecule has 1 atom stereocenters. The van der Waals surface area contributed by atoms with E-state index >= 15 is 0 Å². The third kappa shape index (κ3) is 6.70. The Hall–Kier alpha value is -2.29. The first kappa shape index (κ1) is 22.0. The van der Waals surface area contributed by atoms with Crippen molar-refractivity contribution in [2.24, 2.45) is 0 Å². The van der Waals surface area contributed by atoms with Gasteiger partial charge in [-0.1, -0.05) is 13.3 Å². The second kappa shape index (κ2) is 10.3. The van der Waals surface area contributed by atoms with Crippen molar-refractivity contribution < 1.29 is 32.2 Å². The highest BCUT2D eigenvalue weighted by molar-refractivity contribution is 7.91. The van der Waals surface area contributed by atoms with Gasteiger partial charge < -0.3 is 19.5 Å². The molecule has 1 aromatic carbocycles. The summed E-state index contributed by atoms with van der Waals surface area (Å²) in [7, 11) is -3.09. The lowest BCUT2D eigenvalue weighted by Gasteiger charge is -2.13. The number of unbranched alkanes of at least 4 members (excludes halogenated alkanes) is 1. The predicted molar refractivity (Wildman–Crippen MR) is 103 cm³/mol. The number of carbonyl (C=O) groups excluding carboxylic acids is 2. The summed E-state index contributed by atoms with van der Waals surface area (Å²) >= 11 is 0. The molecule has 1 aliphatic rings. The van der Waals surface area contributed by atoms with E-state index in [1.54, 1.807) is 12.1 Å².